The first-order valence-electron chi connectivity index (χ1n) is 6.01. The number of hydrogen-bond acceptors (Lipinski definition) is 2. The zero-order valence-corrected chi connectivity index (χ0v) is 9.74. The van der Waals surface area contributed by atoms with Gasteiger partial charge in [0, 0.05) is 0 Å². The number of rotatable bonds is 4. The first kappa shape index (κ1) is 13.0. The van der Waals surface area contributed by atoms with Crippen LogP contribution in [0.5, 0.6) is 0 Å². The fraction of sp³-hybridized carbons (Fsp3) is 0.833. The maximum absolute atomic E-state index is 11.5. The summed E-state index contributed by atoms with van der Waals surface area (Å²) in [4.78, 5) is 22.7. The summed E-state index contributed by atoms with van der Waals surface area (Å²) >= 11 is 0. The minimum absolute atomic E-state index is 0.391. The summed E-state index contributed by atoms with van der Waals surface area (Å²) in [5, 5.41) is 18.6. The topological polar surface area (TPSA) is 74.6 Å². The Hall–Kier alpha value is -1.06. The van der Waals surface area contributed by atoms with Crippen LogP contribution in [0.25, 0.3) is 0 Å². The molecule has 2 N–H and O–H groups in total. The first-order valence-corrected chi connectivity index (χ1v) is 6.01. The van der Waals surface area contributed by atoms with Crippen LogP contribution in [0, 0.1) is 11.3 Å². The van der Waals surface area contributed by atoms with Crippen LogP contribution in [0.4, 0.5) is 0 Å². The molecule has 1 fully saturated rings. The summed E-state index contributed by atoms with van der Waals surface area (Å²) in [5.74, 6) is -2.64. The molecule has 1 saturated carbocycles. The van der Waals surface area contributed by atoms with Gasteiger partial charge in [0.1, 0.15) is 0 Å². The van der Waals surface area contributed by atoms with E-state index in [1.807, 2.05) is 0 Å². The number of hydrogen-bond donors (Lipinski definition) is 2. The molecule has 16 heavy (non-hydrogen) atoms. The van der Waals surface area contributed by atoms with Crippen LogP contribution in [0.2, 0.25) is 0 Å². The molecule has 1 aliphatic carbocycles. The minimum atomic E-state index is -1.03. The number of carboxylic acids is 2. The summed E-state index contributed by atoms with van der Waals surface area (Å²) < 4.78 is 0. The highest BCUT2D eigenvalue weighted by Crippen LogP contribution is 2.43. The Balaban J connectivity index is 3.01. The molecule has 4 nitrogen and oxygen atoms in total. The summed E-state index contributed by atoms with van der Waals surface area (Å²) in [6.45, 7) is 1.76. The Bertz CT molecular complexity index is 264. The van der Waals surface area contributed by atoms with E-state index in [9.17, 15) is 14.7 Å². The van der Waals surface area contributed by atoms with Crippen LogP contribution in [0.15, 0.2) is 0 Å². The third-order valence-electron chi connectivity index (χ3n) is 3.80. The van der Waals surface area contributed by atoms with Crippen LogP contribution in [0.1, 0.15) is 51.9 Å². The van der Waals surface area contributed by atoms with Gasteiger partial charge in [-0.3, -0.25) is 9.59 Å². The van der Waals surface area contributed by atoms with Crippen molar-refractivity contribution in [1.82, 2.24) is 0 Å². The molecule has 92 valence electrons. The average molecular weight is 228 g/mol. The van der Waals surface area contributed by atoms with E-state index in [4.69, 9.17) is 5.11 Å². The third kappa shape index (κ3) is 2.36. The highest BCUT2D eigenvalue weighted by atomic mass is 16.4. The molecule has 1 atom stereocenters. The molecule has 0 aromatic rings. The zero-order chi connectivity index (χ0) is 12.2. The second kappa shape index (κ2) is 5.32. The van der Waals surface area contributed by atoms with Crippen molar-refractivity contribution in [2.45, 2.75) is 51.9 Å². The summed E-state index contributed by atoms with van der Waals surface area (Å²) in [5.41, 5.74) is -1.03. The lowest BCUT2D eigenvalue weighted by Crippen LogP contribution is -2.42. The molecule has 0 heterocycles. The Morgan fingerprint density at radius 3 is 1.94 bits per heavy atom. The molecule has 0 aliphatic heterocycles. The van der Waals surface area contributed by atoms with Crippen molar-refractivity contribution in [3.05, 3.63) is 0 Å². The molecule has 1 unspecified atom stereocenters. The lowest BCUT2D eigenvalue weighted by molar-refractivity contribution is -0.164. The molecule has 0 amide bonds. The fourth-order valence-corrected chi connectivity index (χ4v) is 2.87. The summed E-state index contributed by atoms with van der Waals surface area (Å²) in [6, 6.07) is 0. The van der Waals surface area contributed by atoms with Gasteiger partial charge in [-0.1, -0.05) is 32.6 Å². The molecule has 0 aromatic heterocycles. The monoisotopic (exact) mass is 228 g/mol. The Labute approximate surface area is 95.7 Å². The standard InChI is InChI=1S/C12H20O4/c1-2-9(10(13)14)12(11(15)16)7-5-3-4-6-8-12/h9H,2-8H2,1H3,(H,13,14)(H,15,16). The average Bonchev–Trinajstić information content (AvgIpc) is 2.45. The number of aliphatic carboxylic acids is 2. The van der Waals surface area contributed by atoms with Crippen LogP contribution >= 0.6 is 0 Å². The normalized spacial score (nSPS) is 22.1. The maximum atomic E-state index is 11.5. The molecule has 0 radical (unpaired) electrons. The Morgan fingerprint density at radius 1 is 1.12 bits per heavy atom. The van der Waals surface area contributed by atoms with Crippen LogP contribution < -0.4 is 0 Å². The molecule has 0 saturated heterocycles. The highest BCUT2D eigenvalue weighted by Gasteiger charge is 2.48. The van der Waals surface area contributed by atoms with Crippen LogP contribution in [0.3, 0.4) is 0 Å². The van der Waals surface area contributed by atoms with Gasteiger partial charge < -0.3 is 10.2 Å². The van der Waals surface area contributed by atoms with Crippen molar-refractivity contribution in [2.24, 2.45) is 11.3 Å². The smallest absolute Gasteiger partial charge is 0.310 e. The van der Waals surface area contributed by atoms with E-state index >= 15 is 0 Å². The maximum Gasteiger partial charge on any atom is 0.310 e. The lowest BCUT2D eigenvalue weighted by atomic mass is 9.69. The van der Waals surface area contributed by atoms with E-state index in [-0.39, 0.29) is 0 Å². The fourth-order valence-electron chi connectivity index (χ4n) is 2.87. The third-order valence-corrected chi connectivity index (χ3v) is 3.80. The van der Waals surface area contributed by atoms with Gasteiger partial charge in [-0.2, -0.15) is 0 Å². The highest BCUT2D eigenvalue weighted by molar-refractivity contribution is 5.83. The van der Waals surface area contributed by atoms with Crippen molar-refractivity contribution in [3.63, 3.8) is 0 Å². The predicted molar refractivity (Wildman–Crippen MR) is 59.2 cm³/mol. The molecular weight excluding hydrogens is 208 g/mol. The van der Waals surface area contributed by atoms with E-state index in [1.165, 1.54) is 0 Å². The number of carbonyl (C=O) groups is 2. The predicted octanol–water partition coefficient (Wildman–Crippen LogP) is 2.52. The largest absolute Gasteiger partial charge is 0.481 e. The van der Waals surface area contributed by atoms with Crippen molar-refractivity contribution in [1.29, 1.82) is 0 Å². The van der Waals surface area contributed by atoms with Crippen LogP contribution in [-0.2, 0) is 9.59 Å². The van der Waals surface area contributed by atoms with Crippen molar-refractivity contribution in [3.8, 4) is 0 Å². The van der Waals surface area contributed by atoms with Crippen molar-refractivity contribution in [2.75, 3.05) is 0 Å². The van der Waals surface area contributed by atoms with Crippen LogP contribution in [-0.4, -0.2) is 22.2 Å². The van der Waals surface area contributed by atoms with Gasteiger partial charge in [0.25, 0.3) is 0 Å². The number of carboxylic acid groups (broad SMARTS) is 2. The van der Waals surface area contributed by atoms with E-state index in [0.29, 0.717) is 19.3 Å². The van der Waals surface area contributed by atoms with E-state index in [2.05, 4.69) is 0 Å². The minimum Gasteiger partial charge on any atom is -0.481 e. The molecule has 0 bridgehead atoms. The van der Waals surface area contributed by atoms with Gasteiger partial charge in [0.2, 0.25) is 0 Å². The molecule has 0 spiro atoms. The zero-order valence-electron chi connectivity index (χ0n) is 9.74. The van der Waals surface area contributed by atoms with E-state index < -0.39 is 23.3 Å². The summed E-state index contributed by atoms with van der Waals surface area (Å²) in [6.07, 6.45) is 5.10. The second-order valence-electron chi connectivity index (χ2n) is 4.67. The lowest BCUT2D eigenvalue weighted by Gasteiger charge is -2.33. The molecule has 0 aromatic carbocycles. The van der Waals surface area contributed by atoms with Crippen molar-refractivity contribution >= 4 is 11.9 Å². The van der Waals surface area contributed by atoms with E-state index in [0.717, 1.165) is 25.7 Å². The van der Waals surface area contributed by atoms with Gasteiger partial charge in [0.15, 0.2) is 0 Å². The Kier molecular flexibility index (Phi) is 4.33. The quantitative estimate of drug-likeness (QED) is 0.725. The molecular formula is C12H20O4. The van der Waals surface area contributed by atoms with Gasteiger partial charge >= 0.3 is 11.9 Å². The molecule has 1 rings (SSSR count). The first-order chi connectivity index (χ1) is 7.54. The molecule has 4 heteroatoms. The van der Waals surface area contributed by atoms with E-state index in [1.54, 1.807) is 6.92 Å². The van der Waals surface area contributed by atoms with Gasteiger partial charge in [-0.25, -0.2) is 0 Å². The summed E-state index contributed by atoms with van der Waals surface area (Å²) in [7, 11) is 0. The Morgan fingerprint density at radius 2 is 1.62 bits per heavy atom. The van der Waals surface area contributed by atoms with Gasteiger partial charge in [-0.05, 0) is 19.3 Å². The SMILES string of the molecule is CCC(C(=O)O)C1(C(=O)O)CCCCCC1. The van der Waals surface area contributed by atoms with Crippen molar-refractivity contribution < 1.29 is 19.8 Å². The van der Waals surface area contributed by atoms with Gasteiger partial charge in [0.05, 0.1) is 11.3 Å². The molecule has 1 aliphatic rings. The van der Waals surface area contributed by atoms with Gasteiger partial charge in [-0.15, -0.1) is 0 Å². The second-order valence-corrected chi connectivity index (χ2v) is 4.67.